The normalized spacial score (nSPS) is 10.9. The summed E-state index contributed by atoms with van der Waals surface area (Å²) < 4.78 is 4.94. The van der Waals surface area contributed by atoms with Crippen LogP contribution in [0.25, 0.3) is 0 Å². The van der Waals surface area contributed by atoms with E-state index in [4.69, 9.17) is 9.84 Å². The van der Waals surface area contributed by atoms with E-state index >= 15 is 0 Å². The Morgan fingerprint density at radius 2 is 2.20 bits per heavy atom. The molecule has 0 atom stereocenters. The second-order valence-corrected chi connectivity index (χ2v) is 3.64. The fourth-order valence-corrected chi connectivity index (χ4v) is 0.949. The molecule has 1 aromatic heterocycles. The van der Waals surface area contributed by atoms with Crippen molar-refractivity contribution in [2.45, 2.75) is 19.4 Å². The van der Waals surface area contributed by atoms with Gasteiger partial charge in [-0.2, -0.15) is 0 Å². The number of aliphatic carboxylic acids is 1. The van der Waals surface area contributed by atoms with Crippen LogP contribution in [-0.4, -0.2) is 28.7 Å². The minimum atomic E-state index is -1.04. The molecule has 0 fully saturated rings. The van der Waals surface area contributed by atoms with E-state index in [-0.39, 0.29) is 0 Å². The summed E-state index contributed by atoms with van der Waals surface area (Å²) in [6.07, 6.45) is 1.53. The standard InChI is InChI=1S/C10H14N2O3/c1-10(2,9(13)14)12-8-5-4-7(15-3)6-11-8/h4-6H,1-3H3,(H,11,12)(H,13,14). The van der Waals surface area contributed by atoms with Crippen LogP contribution in [0.15, 0.2) is 18.3 Å². The van der Waals surface area contributed by atoms with E-state index in [2.05, 4.69) is 10.3 Å². The lowest BCUT2D eigenvalue weighted by Gasteiger charge is -2.21. The molecule has 0 bridgehead atoms. The molecule has 0 unspecified atom stereocenters. The molecule has 15 heavy (non-hydrogen) atoms. The van der Waals surface area contributed by atoms with E-state index in [0.29, 0.717) is 11.6 Å². The molecule has 1 heterocycles. The number of hydrogen-bond donors (Lipinski definition) is 2. The van der Waals surface area contributed by atoms with Gasteiger partial charge in [-0.1, -0.05) is 0 Å². The monoisotopic (exact) mass is 210 g/mol. The van der Waals surface area contributed by atoms with E-state index in [9.17, 15) is 4.79 Å². The van der Waals surface area contributed by atoms with Crippen LogP contribution in [0.3, 0.4) is 0 Å². The van der Waals surface area contributed by atoms with Crippen LogP contribution in [0, 0.1) is 0 Å². The van der Waals surface area contributed by atoms with Gasteiger partial charge in [-0.05, 0) is 26.0 Å². The van der Waals surface area contributed by atoms with E-state index in [0.717, 1.165) is 0 Å². The first kappa shape index (κ1) is 11.3. The van der Waals surface area contributed by atoms with Gasteiger partial charge in [0.1, 0.15) is 17.1 Å². The number of nitrogens with zero attached hydrogens (tertiary/aromatic N) is 1. The van der Waals surface area contributed by atoms with Crippen LogP contribution in [0.1, 0.15) is 13.8 Å². The van der Waals surface area contributed by atoms with Gasteiger partial charge in [0.25, 0.3) is 0 Å². The van der Waals surface area contributed by atoms with Crippen LogP contribution in [0.4, 0.5) is 5.82 Å². The van der Waals surface area contributed by atoms with Crippen LogP contribution in [-0.2, 0) is 4.79 Å². The van der Waals surface area contributed by atoms with Gasteiger partial charge in [-0.3, -0.25) is 0 Å². The average Bonchev–Trinajstić information content (AvgIpc) is 2.18. The number of carboxylic acid groups (broad SMARTS) is 1. The van der Waals surface area contributed by atoms with Gasteiger partial charge in [0.2, 0.25) is 0 Å². The van der Waals surface area contributed by atoms with Crippen molar-refractivity contribution >= 4 is 11.8 Å². The zero-order valence-electron chi connectivity index (χ0n) is 8.94. The third-order valence-corrected chi connectivity index (χ3v) is 1.95. The molecule has 0 saturated heterocycles. The van der Waals surface area contributed by atoms with E-state index in [1.165, 1.54) is 6.20 Å². The molecular weight excluding hydrogens is 196 g/mol. The van der Waals surface area contributed by atoms with Crippen molar-refractivity contribution in [1.82, 2.24) is 4.98 Å². The maximum Gasteiger partial charge on any atom is 0.328 e. The third-order valence-electron chi connectivity index (χ3n) is 1.95. The first-order valence-electron chi connectivity index (χ1n) is 4.47. The number of methoxy groups -OCH3 is 1. The molecule has 0 amide bonds. The Labute approximate surface area is 88.1 Å². The first-order valence-corrected chi connectivity index (χ1v) is 4.47. The molecule has 2 N–H and O–H groups in total. The molecule has 0 aliphatic carbocycles. The van der Waals surface area contributed by atoms with Gasteiger partial charge in [0, 0.05) is 0 Å². The average molecular weight is 210 g/mol. The van der Waals surface area contributed by atoms with Crippen molar-refractivity contribution in [2.75, 3.05) is 12.4 Å². The van der Waals surface area contributed by atoms with Gasteiger partial charge in [0.05, 0.1) is 13.3 Å². The Balaban J connectivity index is 2.77. The zero-order valence-corrected chi connectivity index (χ0v) is 8.94. The number of pyridine rings is 1. The topological polar surface area (TPSA) is 71.5 Å². The molecule has 0 aliphatic rings. The van der Waals surface area contributed by atoms with Crippen molar-refractivity contribution in [3.05, 3.63) is 18.3 Å². The molecule has 1 rings (SSSR count). The van der Waals surface area contributed by atoms with Crippen LogP contribution >= 0.6 is 0 Å². The van der Waals surface area contributed by atoms with Crippen LogP contribution in [0.5, 0.6) is 5.75 Å². The SMILES string of the molecule is COc1ccc(NC(C)(C)C(=O)O)nc1. The molecule has 0 aliphatic heterocycles. The Morgan fingerprint density at radius 3 is 2.60 bits per heavy atom. The molecule has 5 heteroatoms. The summed E-state index contributed by atoms with van der Waals surface area (Å²) in [4.78, 5) is 14.9. The van der Waals surface area contributed by atoms with Crippen molar-refractivity contribution in [3.8, 4) is 5.75 Å². The summed E-state index contributed by atoms with van der Waals surface area (Å²) in [6, 6.07) is 3.39. The number of nitrogens with one attached hydrogen (secondary N) is 1. The van der Waals surface area contributed by atoms with Crippen molar-refractivity contribution in [3.63, 3.8) is 0 Å². The number of carboxylic acids is 1. The summed E-state index contributed by atoms with van der Waals surface area (Å²) in [5, 5.41) is 11.7. The third kappa shape index (κ3) is 2.83. The Morgan fingerprint density at radius 1 is 1.53 bits per heavy atom. The van der Waals surface area contributed by atoms with Gasteiger partial charge < -0.3 is 15.2 Å². The molecule has 5 nitrogen and oxygen atoms in total. The number of aromatic nitrogens is 1. The van der Waals surface area contributed by atoms with Gasteiger partial charge >= 0.3 is 5.97 Å². The second-order valence-electron chi connectivity index (χ2n) is 3.64. The van der Waals surface area contributed by atoms with Gasteiger partial charge in [-0.15, -0.1) is 0 Å². The molecule has 0 radical (unpaired) electrons. The minimum Gasteiger partial charge on any atom is -0.495 e. The van der Waals surface area contributed by atoms with Crippen molar-refractivity contribution in [1.29, 1.82) is 0 Å². The Bertz CT molecular complexity index is 346. The smallest absolute Gasteiger partial charge is 0.328 e. The lowest BCUT2D eigenvalue weighted by atomic mass is 10.1. The van der Waals surface area contributed by atoms with E-state index < -0.39 is 11.5 Å². The summed E-state index contributed by atoms with van der Waals surface area (Å²) in [5.74, 6) is 0.206. The Kier molecular flexibility index (Phi) is 3.14. The maximum atomic E-state index is 10.8. The van der Waals surface area contributed by atoms with Gasteiger partial charge in [0.15, 0.2) is 0 Å². The highest BCUT2D eigenvalue weighted by Crippen LogP contribution is 2.15. The van der Waals surface area contributed by atoms with E-state index in [1.807, 2.05) is 0 Å². The fourth-order valence-electron chi connectivity index (χ4n) is 0.949. The number of ether oxygens (including phenoxy) is 1. The molecule has 1 aromatic rings. The first-order chi connectivity index (χ1) is 6.95. The summed E-state index contributed by atoms with van der Waals surface area (Å²) in [5.41, 5.74) is -1.04. The lowest BCUT2D eigenvalue weighted by molar-refractivity contribution is -0.141. The highest BCUT2D eigenvalue weighted by atomic mass is 16.5. The molecule has 0 spiro atoms. The highest BCUT2D eigenvalue weighted by Gasteiger charge is 2.26. The van der Waals surface area contributed by atoms with Crippen molar-refractivity contribution in [2.24, 2.45) is 0 Å². The zero-order chi connectivity index (χ0) is 11.5. The number of carbonyl (C=O) groups is 1. The number of hydrogen-bond acceptors (Lipinski definition) is 4. The molecule has 0 saturated carbocycles. The van der Waals surface area contributed by atoms with Crippen LogP contribution in [0.2, 0.25) is 0 Å². The maximum absolute atomic E-state index is 10.8. The summed E-state index contributed by atoms with van der Waals surface area (Å²) >= 11 is 0. The molecular formula is C10H14N2O3. The van der Waals surface area contributed by atoms with Crippen molar-refractivity contribution < 1.29 is 14.6 Å². The summed E-state index contributed by atoms with van der Waals surface area (Å²) in [6.45, 7) is 3.14. The predicted octanol–water partition coefficient (Wildman–Crippen LogP) is 1.37. The fraction of sp³-hybridized carbons (Fsp3) is 0.400. The van der Waals surface area contributed by atoms with E-state index in [1.54, 1.807) is 33.1 Å². The highest BCUT2D eigenvalue weighted by molar-refractivity contribution is 5.81. The Hall–Kier alpha value is -1.78. The van der Waals surface area contributed by atoms with Gasteiger partial charge in [-0.25, -0.2) is 9.78 Å². The quantitative estimate of drug-likeness (QED) is 0.785. The largest absolute Gasteiger partial charge is 0.495 e. The molecule has 0 aromatic carbocycles. The number of rotatable bonds is 4. The minimum absolute atomic E-state index is 0.503. The number of anilines is 1. The molecule has 82 valence electrons. The van der Waals surface area contributed by atoms with Crippen LogP contribution < -0.4 is 10.1 Å². The summed E-state index contributed by atoms with van der Waals surface area (Å²) in [7, 11) is 1.55. The second kappa shape index (κ2) is 4.16. The predicted molar refractivity (Wildman–Crippen MR) is 56.1 cm³/mol. The lowest BCUT2D eigenvalue weighted by Crippen LogP contribution is -2.40.